The number of nitrogens with two attached hydrogens (primary N) is 1. The average Bonchev–Trinajstić information content (AvgIpc) is 3.62. The molecule has 0 spiro atoms. The number of aliphatic carboxylic acids is 1. The summed E-state index contributed by atoms with van der Waals surface area (Å²) >= 11 is 0. The molecule has 2 aliphatic rings. The number of aromatic nitrogens is 2. The molecule has 0 aliphatic heterocycles. The van der Waals surface area contributed by atoms with Crippen LogP contribution in [0.5, 0.6) is 0 Å². The van der Waals surface area contributed by atoms with Gasteiger partial charge >= 0.3 is 5.97 Å². The van der Waals surface area contributed by atoms with Gasteiger partial charge in [0.05, 0.1) is 23.7 Å². The number of anilines is 1. The van der Waals surface area contributed by atoms with E-state index in [-0.39, 0.29) is 30.3 Å². The van der Waals surface area contributed by atoms with Gasteiger partial charge in [0, 0.05) is 12.1 Å². The van der Waals surface area contributed by atoms with E-state index in [9.17, 15) is 25.2 Å². The van der Waals surface area contributed by atoms with E-state index in [4.69, 9.17) is 5.73 Å². The monoisotopic (exact) mass is 650 g/mol. The Kier molecular flexibility index (Phi) is 14.4. The number of nitrogen functional groups attached to an aromatic ring is 1. The number of rotatable bonds is 20. The van der Waals surface area contributed by atoms with Gasteiger partial charge in [0.1, 0.15) is 5.82 Å². The fourth-order valence-electron chi connectivity index (χ4n) is 8.22. The average molecular weight is 651 g/mol. The van der Waals surface area contributed by atoms with Crippen molar-refractivity contribution < 1.29 is 25.2 Å². The lowest BCUT2D eigenvalue weighted by Crippen LogP contribution is -2.37. The topological polar surface area (TPSA) is 151 Å². The van der Waals surface area contributed by atoms with Crippen molar-refractivity contribution in [2.45, 2.75) is 141 Å². The lowest BCUT2D eigenvalue weighted by Gasteiger charge is -2.33. The van der Waals surface area contributed by atoms with E-state index in [0.29, 0.717) is 43.8 Å². The molecule has 1 fully saturated rings. The van der Waals surface area contributed by atoms with Crippen LogP contribution in [0.1, 0.15) is 121 Å². The third kappa shape index (κ3) is 11.2. The van der Waals surface area contributed by atoms with Crippen LogP contribution in [0.25, 0.3) is 0 Å². The number of unbranched alkanes of at least 4 members (excludes halogenated alkanes) is 4. The molecule has 0 radical (unpaired) electrons. The first-order chi connectivity index (χ1) is 22.6. The molecule has 262 valence electrons. The molecule has 1 saturated carbocycles. The zero-order chi connectivity index (χ0) is 33.8. The van der Waals surface area contributed by atoms with Crippen LogP contribution < -0.4 is 10.7 Å². The maximum absolute atomic E-state index is 12.2. The van der Waals surface area contributed by atoms with E-state index in [0.717, 1.165) is 62.6 Å². The number of carboxylic acids is 1. The first kappa shape index (κ1) is 37.1. The summed E-state index contributed by atoms with van der Waals surface area (Å²) in [5.41, 5.74) is 8.16. The smallest absolute Gasteiger partial charge is 0.309 e. The molecule has 8 heteroatoms. The minimum Gasteiger partial charge on any atom is -0.667 e. The third-order valence-electron chi connectivity index (χ3n) is 11.1. The maximum atomic E-state index is 12.2. The Morgan fingerprint density at radius 3 is 2.55 bits per heavy atom. The Balaban J connectivity index is 1.27. The van der Waals surface area contributed by atoms with Crippen LogP contribution in [0.2, 0.25) is 0 Å². The lowest BCUT2D eigenvalue weighted by atomic mass is 9.80. The Labute approximate surface area is 282 Å². The second-order valence-electron chi connectivity index (χ2n) is 14.7. The van der Waals surface area contributed by atoms with Gasteiger partial charge in [0.25, 0.3) is 0 Å². The number of carboxylic acid groups (broad SMARTS) is 1. The highest BCUT2D eigenvalue weighted by molar-refractivity contribution is 5.70. The van der Waals surface area contributed by atoms with Crippen molar-refractivity contribution in [1.82, 2.24) is 9.97 Å². The fraction of sp³-hybridized carbons (Fsp3) is 0.692. The van der Waals surface area contributed by atoms with Crippen molar-refractivity contribution in [1.29, 1.82) is 0 Å². The van der Waals surface area contributed by atoms with Crippen molar-refractivity contribution in [2.24, 2.45) is 29.6 Å². The molecule has 2 aliphatic carbocycles. The Bertz CT molecular complexity index is 1260. The quantitative estimate of drug-likeness (QED) is 0.0789. The zero-order valence-electron chi connectivity index (χ0n) is 28.8. The molecule has 0 bridgehead atoms. The number of carbonyl (C=O) groups is 1. The highest BCUT2D eigenvalue weighted by atomic mass is 16.4. The van der Waals surface area contributed by atoms with Gasteiger partial charge in [-0.05, 0) is 106 Å². The maximum Gasteiger partial charge on any atom is 0.309 e. The van der Waals surface area contributed by atoms with Crippen LogP contribution in [0.4, 0.5) is 5.82 Å². The molecular weight excluding hydrogens is 590 g/mol. The summed E-state index contributed by atoms with van der Waals surface area (Å²) in [6.07, 6.45) is 20.6. The summed E-state index contributed by atoms with van der Waals surface area (Å²) < 4.78 is 0. The molecule has 0 saturated heterocycles. The second-order valence-corrected chi connectivity index (χ2v) is 14.7. The normalized spacial score (nSPS) is 27.2. The van der Waals surface area contributed by atoms with Gasteiger partial charge in [-0.1, -0.05) is 76.2 Å². The molecule has 2 aromatic rings. The summed E-state index contributed by atoms with van der Waals surface area (Å²) in [4.78, 5) is 20.9. The van der Waals surface area contributed by atoms with Crippen LogP contribution in [0.15, 0.2) is 42.7 Å². The van der Waals surface area contributed by atoms with Crippen LogP contribution in [-0.4, -0.2) is 49.2 Å². The number of nitrogens with zero attached hydrogens (tertiary/aromatic N) is 2. The van der Waals surface area contributed by atoms with E-state index >= 15 is 0 Å². The molecule has 6 N–H and O–H groups in total. The van der Waals surface area contributed by atoms with Crippen LogP contribution in [0, 0.1) is 29.6 Å². The lowest BCUT2D eigenvalue weighted by molar-refractivity contribution is -0.146. The van der Waals surface area contributed by atoms with Gasteiger partial charge < -0.3 is 31.1 Å². The zero-order valence-corrected chi connectivity index (χ0v) is 28.8. The number of aryl methyl sites for hydroxylation is 1. The first-order valence-corrected chi connectivity index (χ1v) is 18.4. The third-order valence-corrected chi connectivity index (χ3v) is 11.1. The summed E-state index contributed by atoms with van der Waals surface area (Å²) in [7, 11) is 0. The molecule has 0 amide bonds. The molecular formula is C39H60N3O5-. The van der Waals surface area contributed by atoms with Crippen molar-refractivity contribution in [3.05, 3.63) is 59.6 Å². The molecule has 2 heterocycles. The van der Waals surface area contributed by atoms with Crippen molar-refractivity contribution >= 4 is 11.8 Å². The van der Waals surface area contributed by atoms with E-state index in [1.54, 1.807) is 6.20 Å². The van der Waals surface area contributed by atoms with E-state index in [2.05, 4.69) is 42.0 Å². The molecule has 0 unspecified atom stereocenters. The van der Waals surface area contributed by atoms with Crippen LogP contribution >= 0.6 is 0 Å². The van der Waals surface area contributed by atoms with E-state index < -0.39 is 23.6 Å². The van der Waals surface area contributed by atoms with Crippen LogP contribution in [0.3, 0.4) is 0 Å². The van der Waals surface area contributed by atoms with Crippen molar-refractivity contribution in [3.8, 4) is 0 Å². The number of aliphatic hydroxyl groups is 3. The molecule has 0 aromatic carbocycles. The molecule has 47 heavy (non-hydrogen) atoms. The van der Waals surface area contributed by atoms with Gasteiger partial charge in [-0.15, -0.1) is 0 Å². The first-order valence-electron chi connectivity index (χ1n) is 18.4. The number of pyridine rings is 1. The largest absolute Gasteiger partial charge is 0.667 e. The van der Waals surface area contributed by atoms with Gasteiger partial charge in [-0.2, -0.15) is 11.9 Å². The summed E-state index contributed by atoms with van der Waals surface area (Å²) in [6.45, 7) is 4.31. The van der Waals surface area contributed by atoms with Gasteiger partial charge in [-0.25, -0.2) is 4.98 Å². The van der Waals surface area contributed by atoms with Crippen molar-refractivity contribution in [3.63, 3.8) is 0 Å². The number of hydrogen-bond donors (Lipinski definition) is 5. The summed E-state index contributed by atoms with van der Waals surface area (Å²) in [6, 6.07) is 5.97. The molecule has 8 nitrogen and oxygen atoms in total. The number of aliphatic hydroxyl groups excluding tert-OH is 2. The molecule has 8 atom stereocenters. The summed E-state index contributed by atoms with van der Waals surface area (Å²) in [5, 5.41) is 43.9. The van der Waals surface area contributed by atoms with Gasteiger partial charge in [-0.3, -0.25) is 4.79 Å². The second kappa shape index (κ2) is 18.2. The van der Waals surface area contributed by atoms with E-state index in [1.165, 1.54) is 24.8 Å². The summed E-state index contributed by atoms with van der Waals surface area (Å²) in [5.74, 6) is -0.485. The van der Waals surface area contributed by atoms with Crippen molar-refractivity contribution in [2.75, 3.05) is 5.73 Å². The minimum absolute atomic E-state index is 0.0300. The number of allylic oxidation sites excluding steroid dienone is 1. The standard InChI is InChI=1S/C39H60N3O5/c1-3-5-7-10-28-13-14-31(36(44)22-28)11-8-6-9-12-34(38(45)46)35(43)15-17-39(47)25-30(19-29-16-18-41-37(40)23-29)20-32(39)24-33-21-27(4-2)26-42-33/h13-14,16,18,21,23,26,28,30-32,34-36,43-44,47H,3-12,15,17,19-20,22,24-25H2,1-2H3,(H2,40,41)(H,45,46)/q-1/t28-,30-,31-,32+,34+,35-,36-,39+/m1/s1. The Hall–Kier alpha value is -2.68. The van der Waals surface area contributed by atoms with Gasteiger partial charge in [0.15, 0.2) is 0 Å². The highest BCUT2D eigenvalue weighted by Gasteiger charge is 2.45. The molecule has 4 rings (SSSR count). The predicted octanol–water partition coefficient (Wildman–Crippen LogP) is 6.65. The number of hydrogen-bond acceptors (Lipinski definition) is 6. The highest BCUT2D eigenvalue weighted by Crippen LogP contribution is 2.46. The van der Waals surface area contributed by atoms with E-state index in [1.807, 2.05) is 18.3 Å². The minimum atomic E-state index is -1.02. The predicted molar refractivity (Wildman–Crippen MR) is 187 cm³/mol. The van der Waals surface area contributed by atoms with Gasteiger partial charge in [0.2, 0.25) is 0 Å². The fourth-order valence-corrected chi connectivity index (χ4v) is 8.22. The Morgan fingerprint density at radius 1 is 1.04 bits per heavy atom. The molecule has 2 aromatic heterocycles. The SMILES string of the molecule is CCCCC[C@@H]1C=C[C@@H](CCCCC[C@H](C(=O)O)[C@H](O)CC[C@]2(O)C[C@H](Cc3ccnc(N)c3)C[C@H]2Cc2cc(CC)c[n-]2)[C@H](O)C1. The Morgan fingerprint density at radius 2 is 1.85 bits per heavy atom. The van der Waals surface area contributed by atoms with Crippen LogP contribution in [-0.2, 0) is 24.1 Å².